The fourth-order valence-corrected chi connectivity index (χ4v) is 2.73. The molecule has 0 bridgehead atoms. The number of aromatic nitrogens is 3. The molecule has 3 aromatic carbocycles. The van der Waals surface area contributed by atoms with Gasteiger partial charge in [0.15, 0.2) is 5.65 Å². The summed E-state index contributed by atoms with van der Waals surface area (Å²) in [7, 11) is 0. The van der Waals surface area contributed by atoms with Crippen molar-refractivity contribution in [2.45, 2.75) is 0 Å². The second-order valence-corrected chi connectivity index (χ2v) is 5.63. The molecule has 4 heteroatoms. The Hall–Kier alpha value is -2.94. The van der Waals surface area contributed by atoms with Crippen LogP contribution in [0.4, 0.5) is 0 Å². The Labute approximate surface area is 163 Å². The van der Waals surface area contributed by atoms with Gasteiger partial charge in [-0.3, -0.25) is 0 Å². The molecule has 0 amide bonds. The summed E-state index contributed by atoms with van der Waals surface area (Å²) in [6.07, 6.45) is 1.83. The van der Waals surface area contributed by atoms with Crippen LogP contribution in [0.2, 0.25) is 0 Å². The molecule has 0 aliphatic rings. The van der Waals surface area contributed by atoms with Crippen LogP contribution in [-0.2, 0) is 17.1 Å². The molecule has 0 unspecified atom stereocenters. The Balaban J connectivity index is 0.000000285. The van der Waals surface area contributed by atoms with Gasteiger partial charge >= 0.3 is 17.1 Å². The zero-order chi connectivity index (χ0) is 16.9. The van der Waals surface area contributed by atoms with E-state index in [1.165, 1.54) is 0 Å². The van der Waals surface area contributed by atoms with Gasteiger partial charge in [-0.25, -0.2) is 21.6 Å². The van der Waals surface area contributed by atoms with Gasteiger partial charge in [-0.05, 0) is 11.9 Å². The third kappa shape index (κ3) is 3.83. The van der Waals surface area contributed by atoms with Crippen LogP contribution < -0.4 is 0 Å². The molecule has 0 N–H and O–H groups in total. The largest absolute Gasteiger partial charge is 2.00 e. The second-order valence-electron chi connectivity index (χ2n) is 5.63. The molecule has 128 valence electrons. The van der Waals surface area contributed by atoms with Crippen molar-refractivity contribution in [2.75, 3.05) is 0 Å². The molecule has 5 aromatic rings. The van der Waals surface area contributed by atoms with Gasteiger partial charge in [0.2, 0.25) is 0 Å². The minimum atomic E-state index is 0. The van der Waals surface area contributed by atoms with Crippen molar-refractivity contribution in [3.05, 3.63) is 103 Å². The van der Waals surface area contributed by atoms with E-state index in [1.807, 2.05) is 83.5 Å². The fraction of sp³-hybridized carbons (Fsp3) is 0. The standard InChI is InChI=1S/C17H12N3.C5H5.Fe/c1-2-6-13(7-3-1)15-12-17-18-11-10-16(20(17)19-15)14-8-4-5-9-14;1-2-4-5-3-1;/h1-12H;1-5H;/q2*-1;+2. The Morgan fingerprint density at radius 1 is 0.846 bits per heavy atom. The molecule has 0 saturated heterocycles. The minimum absolute atomic E-state index is 0. The summed E-state index contributed by atoms with van der Waals surface area (Å²) in [4.78, 5) is 4.40. The molecule has 3 nitrogen and oxygen atoms in total. The zero-order valence-corrected chi connectivity index (χ0v) is 15.1. The molecule has 0 fully saturated rings. The maximum atomic E-state index is 4.69. The first kappa shape index (κ1) is 17.9. The van der Waals surface area contributed by atoms with Crippen molar-refractivity contribution >= 4 is 5.65 Å². The number of hydrogen-bond donors (Lipinski definition) is 0. The van der Waals surface area contributed by atoms with E-state index in [1.54, 1.807) is 0 Å². The Bertz CT molecular complexity index is 1010. The summed E-state index contributed by atoms with van der Waals surface area (Å²) in [6.45, 7) is 0. The van der Waals surface area contributed by atoms with E-state index >= 15 is 0 Å². The first-order valence-corrected chi connectivity index (χ1v) is 8.21. The van der Waals surface area contributed by atoms with Gasteiger partial charge in [0.05, 0.1) is 5.69 Å². The van der Waals surface area contributed by atoms with Crippen molar-refractivity contribution in [3.8, 4) is 22.5 Å². The maximum absolute atomic E-state index is 4.69. The van der Waals surface area contributed by atoms with Crippen LogP contribution in [0.25, 0.3) is 28.2 Å². The second kappa shape index (κ2) is 8.43. The SMILES string of the molecule is [Fe+2].c1cc[cH-]c1.c1ccc(-c2cc3nccc(-[c-]4cccc4)n3n2)cc1. The molecule has 0 aliphatic carbocycles. The van der Waals surface area contributed by atoms with Gasteiger partial charge in [0.1, 0.15) is 0 Å². The van der Waals surface area contributed by atoms with Gasteiger partial charge in [0, 0.05) is 11.6 Å². The van der Waals surface area contributed by atoms with Gasteiger partial charge in [-0.2, -0.15) is 35.4 Å². The molecule has 0 spiro atoms. The van der Waals surface area contributed by atoms with E-state index < -0.39 is 0 Å². The maximum Gasteiger partial charge on any atom is 2.00 e. The van der Waals surface area contributed by atoms with Crippen molar-refractivity contribution in [3.63, 3.8) is 0 Å². The van der Waals surface area contributed by atoms with E-state index in [0.717, 1.165) is 28.2 Å². The van der Waals surface area contributed by atoms with E-state index in [9.17, 15) is 0 Å². The number of rotatable bonds is 2. The molecular weight excluding hydrogens is 362 g/mol. The van der Waals surface area contributed by atoms with Crippen LogP contribution in [0.15, 0.2) is 103 Å². The number of nitrogens with zero attached hydrogens (tertiary/aromatic N) is 3. The normalized spacial score (nSPS) is 10.0. The number of benzene rings is 1. The zero-order valence-electron chi connectivity index (χ0n) is 14.0. The van der Waals surface area contributed by atoms with Crippen molar-refractivity contribution in [2.24, 2.45) is 0 Å². The average molecular weight is 379 g/mol. The molecule has 5 rings (SSSR count). The Kier molecular flexibility index (Phi) is 5.80. The third-order valence-corrected chi connectivity index (χ3v) is 3.94. The van der Waals surface area contributed by atoms with Crippen LogP contribution >= 0.6 is 0 Å². The van der Waals surface area contributed by atoms with Crippen molar-refractivity contribution < 1.29 is 17.1 Å². The van der Waals surface area contributed by atoms with E-state index in [0.29, 0.717) is 0 Å². The Morgan fingerprint density at radius 3 is 2.23 bits per heavy atom. The molecule has 0 atom stereocenters. The smallest absolute Gasteiger partial charge is 0.247 e. The van der Waals surface area contributed by atoms with Crippen LogP contribution in [0.1, 0.15) is 0 Å². The number of fused-ring (bicyclic) bond motifs is 1. The van der Waals surface area contributed by atoms with E-state index in [2.05, 4.69) is 29.2 Å². The van der Waals surface area contributed by atoms with Crippen molar-refractivity contribution in [1.29, 1.82) is 0 Å². The molecular formula is C22H17FeN3. The summed E-state index contributed by atoms with van der Waals surface area (Å²) in [5.74, 6) is 0. The van der Waals surface area contributed by atoms with Gasteiger partial charge in [0.25, 0.3) is 0 Å². The van der Waals surface area contributed by atoms with E-state index in [-0.39, 0.29) is 17.1 Å². The Morgan fingerprint density at radius 2 is 1.58 bits per heavy atom. The molecule has 0 aliphatic heterocycles. The van der Waals surface area contributed by atoms with Gasteiger partial charge < -0.3 is 0 Å². The third-order valence-electron chi connectivity index (χ3n) is 3.94. The van der Waals surface area contributed by atoms with Gasteiger partial charge in [-0.15, -0.1) is 12.1 Å². The van der Waals surface area contributed by atoms with Crippen molar-refractivity contribution in [1.82, 2.24) is 14.6 Å². The van der Waals surface area contributed by atoms with Crippen LogP contribution in [-0.4, -0.2) is 14.6 Å². The van der Waals surface area contributed by atoms with Crippen LogP contribution in [0.5, 0.6) is 0 Å². The fourth-order valence-electron chi connectivity index (χ4n) is 2.73. The predicted octanol–water partition coefficient (Wildman–Crippen LogP) is 5.19. The topological polar surface area (TPSA) is 30.2 Å². The number of hydrogen-bond acceptors (Lipinski definition) is 2. The quantitative estimate of drug-likeness (QED) is 0.312. The molecule has 0 radical (unpaired) electrons. The van der Waals surface area contributed by atoms with E-state index in [4.69, 9.17) is 5.10 Å². The monoisotopic (exact) mass is 379 g/mol. The molecule has 0 saturated carbocycles. The summed E-state index contributed by atoms with van der Waals surface area (Å²) in [6, 6.07) is 32.4. The first-order chi connectivity index (χ1) is 12.4. The molecule has 2 heterocycles. The summed E-state index contributed by atoms with van der Waals surface area (Å²) in [5, 5.41) is 4.69. The molecule has 26 heavy (non-hydrogen) atoms. The first-order valence-electron chi connectivity index (χ1n) is 8.21. The average Bonchev–Trinajstić information content (AvgIpc) is 3.45. The van der Waals surface area contributed by atoms with Crippen LogP contribution in [0.3, 0.4) is 0 Å². The molecule has 2 aromatic heterocycles. The summed E-state index contributed by atoms with van der Waals surface area (Å²) in [5.41, 5.74) is 5.12. The predicted molar refractivity (Wildman–Crippen MR) is 101 cm³/mol. The summed E-state index contributed by atoms with van der Waals surface area (Å²) < 4.78 is 1.90. The van der Waals surface area contributed by atoms with Gasteiger partial charge in [-0.1, -0.05) is 42.0 Å². The minimum Gasteiger partial charge on any atom is -0.247 e. The summed E-state index contributed by atoms with van der Waals surface area (Å²) >= 11 is 0. The van der Waals surface area contributed by atoms with Crippen LogP contribution in [0, 0.1) is 0 Å².